The third-order valence-corrected chi connectivity index (χ3v) is 8.39. The minimum Gasteiger partial charge on any atom is -0.495 e. The van der Waals surface area contributed by atoms with E-state index in [0.717, 1.165) is 11.8 Å². The molecule has 0 radical (unpaired) electrons. The first-order valence-corrected chi connectivity index (χ1v) is 13.6. The summed E-state index contributed by atoms with van der Waals surface area (Å²) in [6.07, 6.45) is 1.59. The van der Waals surface area contributed by atoms with Crippen LogP contribution in [0.4, 0.5) is 5.69 Å². The Hall–Kier alpha value is -3.19. The molecule has 12 heteroatoms. The molecule has 2 aromatic carbocycles. The number of hydrogen-bond acceptors (Lipinski definition) is 8. The number of aromatic nitrogens is 2. The van der Waals surface area contributed by atoms with Crippen LogP contribution < -0.4 is 15.6 Å². The Labute approximate surface area is 213 Å². The number of carbonyl (C=O) groups excluding carboxylic acids is 1. The molecule has 1 N–H and O–H groups in total. The van der Waals surface area contributed by atoms with Crippen molar-refractivity contribution in [3.05, 3.63) is 65.5 Å². The van der Waals surface area contributed by atoms with Gasteiger partial charge in [-0.05, 0) is 30.3 Å². The molecule has 1 saturated heterocycles. The number of thioether (sulfide) groups is 1. The first kappa shape index (κ1) is 25.9. The summed E-state index contributed by atoms with van der Waals surface area (Å²) < 4.78 is 39.5. The Morgan fingerprint density at radius 2 is 2.00 bits per heavy atom. The molecule has 1 amide bonds. The van der Waals surface area contributed by atoms with Gasteiger partial charge in [-0.15, -0.1) is 6.58 Å². The summed E-state index contributed by atoms with van der Waals surface area (Å²) in [5.74, 6) is -0.153. The van der Waals surface area contributed by atoms with Gasteiger partial charge in [-0.3, -0.25) is 14.2 Å². The lowest BCUT2D eigenvalue weighted by Crippen LogP contribution is -2.40. The molecule has 0 atom stereocenters. The maximum absolute atomic E-state index is 13.0. The summed E-state index contributed by atoms with van der Waals surface area (Å²) in [6, 6.07) is 11.3. The van der Waals surface area contributed by atoms with E-state index in [9.17, 15) is 18.0 Å². The summed E-state index contributed by atoms with van der Waals surface area (Å²) in [6.45, 7) is 5.13. The third-order valence-electron chi connectivity index (χ3n) is 5.52. The summed E-state index contributed by atoms with van der Waals surface area (Å²) in [5, 5.41) is 3.58. The number of amides is 1. The predicted octanol–water partition coefficient (Wildman–Crippen LogP) is 2.34. The number of anilines is 1. The van der Waals surface area contributed by atoms with Crippen LogP contribution in [0, 0.1) is 0 Å². The summed E-state index contributed by atoms with van der Waals surface area (Å²) in [5.41, 5.74) is 0.548. The van der Waals surface area contributed by atoms with Gasteiger partial charge in [0.1, 0.15) is 5.75 Å². The van der Waals surface area contributed by atoms with Crippen molar-refractivity contribution < 1.29 is 22.7 Å². The van der Waals surface area contributed by atoms with Crippen LogP contribution in [-0.4, -0.2) is 67.3 Å². The second-order valence-electron chi connectivity index (χ2n) is 7.83. The van der Waals surface area contributed by atoms with Crippen LogP contribution in [0.1, 0.15) is 0 Å². The molecule has 36 heavy (non-hydrogen) atoms. The minimum atomic E-state index is -3.75. The Morgan fingerprint density at radius 1 is 1.25 bits per heavy atom. The number of ether oxygens (including phenoxy) is 2. The maximum atomic E-state index is 13.0. The number of fused-ring (bicyclic) bond motifs is 1. The number of hydrogen-bond donors (Lipinski definition) is 1. The molecule has 3 aromatic rings. The average molecular weight is 531 g/mol. The van der Waals surface area contributed by atoms with E-state index in [1.54, 1.807) is 30.3 Å². The SMILES string of the molecule is C=CCn1c(SCC(=O)Nc2cc(S(=O)(=O)N3CCOCC3)ccc2OC)nc2ccccc2c1=O. The number of sulfonamides is 1. The number of para-hydroxylation sites is 1. The lowest BCUT2D eigenvalue weighted by atomic mass is 10.2. The highest BCUT2D eigenvalue weighted by molar-refractivity contribution is 7.99. The number of rotatable bonds is 9. The Bertz CT molecular complexity index is 1450. The van der Waals surface area contributed by atoms with Crippen molar-refractivity contribution in [2.45, 2.75) is 16.6 Å². The van der Waals surface area contributed by atoms with Crippen molar-refractivity contribution in [2.24, 2.45) is 0 Å². The first-order chi connectivity index (χ1) is 17.3. The number of benzene rings is 2. The Balaban J connectivity index is 1.54. The summed E-state index contributed by atoms with van der Waals surface area (Å²) >= 11 is 1.10. The van der Waals surface area contributed by atoms with Gasteiger partial charge in [-0.2, -0.15) is 4.31 Å². The molecular weight excluding hydrogens is 504 g/mol. The van der Waals surface area contributed by atoms with Crippen LogP contribution in [0.5, 0.6) is 5.75 Å². The fourth-order valence-corrected chi connectivity index (χ4v) is 5.99. The van der Waals surface area contributed by atoms with Gasteiger partial charge < -0.3 is 14.8 Å². The maximum Gasteiger partial charge on any atom is 0.262 e. The standard InChI is InChI=1S/C24H26N4O6S2/c1-3-10-28-23(30)18-6-4-5-7-19(18)26-24(28)35-16-22(29)25-20-15-17(8-9-21(20)33-2)36(31,32)27-11-13-34-14-12-27/h3-9,15H,1,10-14,16H2,2H3,(H,25,29). The second kappa shape index (κ2) is 11.2. The fourth-order valence-electron chi connectivity index (χ4n) is 3.75. The van der Waals surface area contributed by atoms with Crippen LogP contribution in [0.3, 0.4) is 0 Å². The average Bonchev–Trinajstić information content (AvgIpc) is 2.90. The number of methoxy groups -OCH3 is 1. The molecular formula is C24H26N4O6S2. The number of morpholine rings is 1. The van der Waals surface area contributed by atoms with Gasteiger partial charge in [0.15, 0.2) is 5.16 Å². The van der Waals surface area contributed by atoms with E-state index in [-0.39, 0.29) is 41.5 Å². The zero-order chi connectivity index (χ0) is 25.7. The van der Waals surface area contributed by atoms with E-state index < -0.39 is 15.9 Å². The van der Waals surface area contributed by atoms with Gasteiger partial charge in [-0.25, -0.2) is 13.4 Å². The van der Waals surface area contributed by atoms with Crippen molar-refractivity contribution >= 4 is 44.3 Å². The monoisotopic (exact) mass is 530 g/mol. The van der Waals surface area contributed by atoms with Gasteiger partial charge in [0.2, 0.25) is 15.9 Å². The van der Waals surface area contributed by atoms with E-state index in [2.05, 4.69) is 16.9 Å². The molecule has 10 nitrogen and oxygen atoms in total. The van der Waals surface area contributed by atoms with Gasteiger partial charge >= 0.3 is 0 Å². The summed E-state index contributed by atoms with van der Waals surface area (Å²) in [7, 11) is -2.32. The number of nitrogens with one attached hydrogen (secondary N) is 1. The largest absolute Gasteiger partial charge is 0.495 e. The van der Waals surface area contributed by atoms with Crippen molar-refractivity contribution in [3.63, 3.8) is 0 Å². The highest BCUT2D eigenvalue weighted by Gasteiger charge is 2.27. The fraction of sp³-hybridized carbons (Fsp3) is 0.292. The number of allylic oxidation sites excluding steroid dienone is 1. The zero-order valence-corrected chi connectivity index (χ0v) is 21.3. The van der Waals surface area contributed by atoms with Crippen molar-refractivity contribution in [2.75, 3.05) is 44.5 Å². The third kappa shape index (κ3) is 5.46. The van der Waals surface area contributed by atoms with Gasteiger partial charge in [0, 0.05) is 19.6 Å². The zero-order valence-electron chi connectivity index (χ0n) is 19.7. The van der Waals surface area contributed by atoms with Crippen molar-refractivity contribution in [3.8, 4) is 5.75 Å². The van der Waals surface area contributed by atoms with Gasteiger partial charge in [-0.1, -0.05) is 30.0 Å². The quantitative estimate of drug-likeness (QED) is 0.254. The first-order valence-electron chi connectivity index (χ1n) is 11.1. The molecule has 1 aliphatic rings. The molecule has 1 aliphatic heterocycles. The Kier molecular flexibility index (Phi) is 8.09. The van der Waals surface area contributed by atoms with Crippen molar-refractivity contribution in [1.29, 1.82) is 0 Å². The van der Waals surface area contributed by atoms with Crippen LogP contribution in [0.2, 0.25) is 0 Å². The molecule has 1 aromatic heterocycles. The smallest absolute Gasteiger partial charge is 0.262 e. The topological polar surface area (TPSA) is 120 Å². The minimum absolute atomic E-state index is 0.0455. The van der Waals surface area contributed by atoms with E-state index in [4.69, 9.17) is 9.47 Å². The molecule has 2 heterocycles. The number of nitrogens with zero attached hydrogens (tertiary/aromatic N) is 3. The molecule has 0 spiro atoms. The molecule has 0 aliphatic carbocycles. The highest BCUT2D eigenvalue weighted by Crippen LogP contribution is 2.30. The van der Waals surface area contributed by atoms with Gasteiger partial charge in [0.05, 0.1) is 47.6 Å². The molecule has 0 bridgehead atoms. The number of carbonyl (C=O) groups is 1. The lowest BCUT2D eigenvalue weighted by Gasteiger charge is -2.26. The van der Waals surface area contributed by atoms with Crippen LogP contribution >= 0.6 is 11.8 Å². The van der Waals surface area contributed by atoms with E-state index in [1.165, 1.54) is 34.2 Å². The van der Waals surface area contributed by atoms with Crippen molar-refractivity contribution in [1.82, 2.24) is 13.9 Å². The van der Waals surface area contributed by atoms with E-state index in [0.29, 0.717) is 35.0 Å². The van der Waals surface area contributed by atoms with E-state index >= 15 is 0 Å². The Morgan fingerprint density at radius 3 is 2.72 bits per heavy atom. The predicted molar refractivity (Wildman–Crippen MR) is 138 cm³/mol. The normalized spacial score (nSPS) is 14.5. The highest BCUT2D eigenvalue weighted by atomic mass is 32.2. The van der Waals surface area contributed by atoms with Crippen LogP contribution in [0.25, 0.3) is 10.9 Å². The van der Waals surface area contributed by atoms with E-state index in [1.807, 2.05) is 0 Å². The molecule has 0 unspecified atom stereocenters. The lowest BCUT2D eigenvalue weighted by molar-refractivity contribution is -0.113. The molecule has 190 valence electrons. The molecule has 1 fully saturated rings. The van der Waals surface area contributed by atoms with Gasteiger partial charge in [0.25, 0.3) is 5.56 Å². The van der Waals surface area contributed by atoms with Crippen LogP contribution in [0.15, 0.2) is 70.0 Å². The molecule has 4 rings (SSSR count). The molecule has 0 saturated carbocycles. The second-order valence-corrected chi connectivity index (χ2v) is 10.7. The summed E-state index contributed by atoms with van der Waals surface area (Å²) in [4.78, 5) is 30.3. The van der Waals surface area contributed by atoms with Crippen LogP contribution in [-0.2, 0) is 26.1 Å².